The number of pyridine rings is 1. The zero-order valence-electron chi connectivity index (χ0n) is 14.9. The standard InChI is InChI=1S/C23H24NO2/c25-23(17-24-15-14-18-6-4-5-7-20(18)16-24)19-10-12-22(13-11-19)26-21-8-2-1-3-9-21/h4-7,10-16,21H,1-3,8-9,17H2/q+1. The molecule has 0 saturated heterocycles. The Hall–Kier alpha value is -2.68. The van der Waals surface area contributed by atoms with Crippen molar-refractivity contribution in [3.05, 3.63) is 72.6 Å². The molecule has 0 amide bonds. The first kappa shape index (κ1) is 16.8. The fourth-order valence-corrected chi connectivity index (χ4v) is 3.63. The van der Waals surface area contributed by atoms with Crippen molar-refractivity contribution in [3.8, 4) is 5.75 Å². The van der Waals surface area contributed by atoms with Gasteiger partial charge in [0.15, 0.2) is 12.4 Å². The molecule has 0 atom stereocenters. The minimum absolute atomic E-state index is 0.106. The summed E-state index contributed by atoms with van der Waals surface area (Å²) in [6.07, 6.45) is 10.4. The van der Waals surface area contributed by atoms with Crippen LogP contribution < -0.4 is 9.30 Å². The molecule has 0 radical (unpaired) electrons. The third-order valence-electron chi connectivity index (χ3n) is 5.10. The van der Waals surface area contributed by atoms with Gasteiger partial charge in [-0.05, 0) is 61.4 Å². The second-order valence-corrected chi connectivity index (χ2v) is 7.07. The van der Waals surface area contributed by atoms with E-state index in [2.05, 4.69) is 12.1 Å². The van der Waals surface area contributed by atoms with E-state index in [4.69, 9.17) is 4.74 Å². The third kappa shape index (κ3) is 3.93. The highest BCUT2D eigenvalue weighted by Crippen LogP contribution is 2.23. The molecule has 0 spiro atoms. The van der Waals surface area contributed by atoms with Gasteiger partial charge in [0.1, 0.15) is 5.75 Å². The Balaban J connectivity index is 1.42. The molecule has 1 heterocycles. The number of carbonyl (C=O) groups is 1. The highest BCUT2D eigenvalue weighted by Gasteiger charge is 2.16. The van der Waals surface area contributed by atoms with E-state index in [9.17, 15) is 4.79 Å². The Morgan fingerprint density at radius 3 is 2.42 bits per heavy atom. The van der Waals surface area contributed by atoms with Crippen molar-refractivity contribution in [2.45, 2.75) is 44.8 Å². The lowest BCUT2D eigenvalue weighted by atomic mass is 9.98. The predicted molar refractivity (Wildman–Crippen MR) is 102 cm³/mol. The van der Waals surface area contributed by atoms with Crippen LogP contribution in [0.2, 0.25) is 0 Å². The van der Waals surface area contributed by atoms with Crippen LogP contribution in [0.25, 0.3) is 10.8 Å². The molecular weight excluding hydrogens is 322 g/mol. The van der Waals surface area contributed by atoms with Crippen molar-refractivity contribution >= 4 is 16.6 Å². The van der Waals surface area contributed by atoms with Crippen molar-refractivity contribution in [2.75, 3.05) is 0 Å². The van der Waals surface area contributed by atoms with E-state index in [0.29, 0.717) is 12.6 Å². The van der Waals surface area contributed by atoms with Gasteiger partial charge in [-0.1, -0.05) is 24.6 Å². The molecule has 0 unspecified atom stereocenters. The summed E-state index contributed by atoms with van der Waals surface area (Å²) < 4.78 is 7.98. The second-order valence-electron chi connectivity index (χ2n) is 7.07. The maximum Gasteiger partial charge on any atom is 0.227 e. The van der Waals surface area contributed by atoms with Crippen molar-refractivity contribution in [2.24, 2.45) is 0 Å². The van der Waals surface area contributed by atoms with Crippen LogP contribution in [0.3, 0.4) is 0 Å². The lowest BCUT2D eigenvalue weighted by Gasteiger charge is -2.22. The monoisotopic (exact) mass is 346 g/mol. The van der Waals surface area contributed by atoms with Gasteiger partial charge in [-0.25, -0.2) is 0 Å². The second kappa shape index (κ2) is 7.69. The number of aromatic nitrogens is 1. The average molecular weight is 346 g/mol. The molecule has 0 N–H and O–H groups in total. The molecule has 0 bridgehead atoms. The summed E-state index contributed by atoms with van der Waals surface area (Å²) in [6.45, 7) is 0.341. The van der Waals surface area contributed by atoms with Gasteiger partial charge in [-0.15, -0.1) is 0 Å². The predicted octanol–water partition coefficient (Wildman–Crippen LogP) is 4.72. The number of carbonyl (C=O) groups excluding carboxylic acids is 1. The Kier molecular flexibility index (Phi) is 4.96. The van der Waals surface area contributed by atoms with Crippen LogP contribution in [-0.4, -0.2) is 11.9 Å². The van der Waals surface area contributed by atoms with Gasteiger partial charge in [-0.2, -0.15) is 4.57 Å². The number of fused-ring (bicyclic) bond motifs is 1. The molecule has 1 aliphatic rings. The van der Waals surface area contributed by atoms with Crippen LogP contribution in [0, 0.1) is 0 Å². The van der Waals surface area contributed by atoms with E-state index >= 15 is 0 Å². The van der Waals surface area contributed by atoms with E-state index in [-0.39, 0.29) is 5.78 Å². The molecule has 1 aromatic heterocycles. The van der Waals surface area contributed by atoms with Crippen molar-refractivity contribution in [1.29, 1.82) is 0 Å². The summed E-state index contributed by atoms with van der Waals surface area (Å²) in [6, 6.07) is 17.8. The highest BCUT2D eigenvalue weighted by molar-refractivity contribution is 5.95. The minimum Gasteiger partial charge on any atom is -0.490 e. The Morgan fingerprint density at radius 1 is 0.923 bits per heavy atom. The van der Waals surface area contributed by atoms with E-state index in [1.165, 1.54) is 24.6 Å². The Morgan fingerprint density at radius 2 is 1.65 bits per heavy atom. The van der Waals surface area contributed by atoms with Crippen LogP contribution in [0.15, 0.2) is 67.0 Å². The molecule has 1 fully saturated rings. The first-order valence-electron chi connectivity index (χ1n) is 9.46. The SMILES string of the molecule is O=C(C[n+]1ccc2ccccc2c1)c1ccc(OC2CCCCC2)cc1. The smallest absolute Gasteiger partial charge is 0.227 e. The molecule has 2 aromatic carbocycles. The first-order valence-corrected chi connectivity index (χ1v) is 9.46. The fourth-order valence-electron chi connectivity index (χ4n) is 3.63. The number of ketones is 1. The zero-order chi connectivity index (χ0) is 17.8. The van der Waals surface area contributed by atoms with Crippen LogP contribution in [0.1, 0.15) is 42.5 Å². The Labute approximate surface area is 154 Å². The maximum absolute atomic E-state index is 12.6. The van der Waals surface area contributed by atoms with Crippen LogP contribution in [0.4, 0.5) is 0 Å². The quantitative estimate of drug-likeness (QED) is 0.494. The zero-order valence-corrected chi connectivity index (χ0v) is 14.9. The summed E-state index contributed by atoms with van der Waals surface area (Å²) in [7, 11) is 0. The van der Waals surface area contributed by atoms with Gasteiger partial charge >= 0.3 is 0 Å². The number of ether oxygens (including phenoxy) is 1. The van der Waals surface area contributed by atoms with Gasteiger partial charge in [0.05, 0.1) is 6.10 Å². The molecule has 0 aliphatic heterocycles. The number of hydrogen-bond donors (Lipinski definition) is 0. The van der Waals surface area contributed by atoms with E-state index in [0.717, 1.165) is 29.5 Å². The summed E-state index contributed by atoms with van der Waals surface area (Å²) in [5, 5.41) is 2.32. The molecule has 1 aliphatic carbocycles. The molecule has 3 heteroatoms. The normalized spacial score (nSPS) is 15.1. The summed E-state index contributed by atoms with van der Waals surface area (Å²) in [5.41, 5.74) is 0.724. The van der Waals surface area contributed by atoms with Gasteiger partial charge in [0.25, 0.3) is 0 Å². The van der Waals surface area contributed by atoms with E-state index < -0.39 is 0 Å². The molecule has 26 heavy (non-hydrogen) atoms. The topological polar surface area (TPSA) is 30.2 Å². The van der Waals surface area contributed by atoms with Crippen LogP contribution >= 0.6 is 0 Å². The average Bonchev–Trinajstić information content (AvgIpc) is 2.69. The lowest BCUT2D eigenvalue weighted by Crippen LogP contribution is -2.37. The molecule has 4 rings (SSSR count). The van der Waals surface area contributed by atoms with Gasteiger partial charge in [0, 0.05) is 17.0 Å². The largest absolute Gasteiger partial charge is 0.490 e. The van der Waals surface area contributed by atoms with Gasteiger partial charge in [-0.3, -0.25) is 4.79 Å². The van der Waals surface area contributed by atoms with E-state index in [1.54, 1.807) is 0 Å². The molecule has 1 saturated carbocycles. The van der Waals surface area contributed by atoms with E-state index in [1.807, 2.05) is 59.4 Å². The molecule has 3 aromatic rings. The van der Waals surface area contributed by atoms with Crippen molar-refractivity contribution < 1.29 is 14.1 Å². The molecular formula is C23H24NO2+. The maximum atomic E-state index is 12.6. The summed E-state index contributed by atoms with van der Waals surface area (Å²) >= 11 is 0. The fraction of sp³-hybridized carbons (Fsp3) is 0.304. The minimum atomic E-state index is 0.106. The summed E-state index contributed by atoms with van der Waals surface area (Å²) in [5.74, 6) is 0.973. The number of hydrogen-bond acceptors (Lipinski definition) is 2. The third-order valence-corrected chi connectivity index (χ3v) is 5.10. The lowest BCUT2D eigenvalue weighted by molar-refractivity contribution is -0.681. The molecule has 3 nitrogen and oxygen atoms in total. The number of rotatable bonds is 5. The molecule has 132 valence electrons. The highest BCUT2D eigenvalue weighted by atomic mass is 16.5. The number of Topliss-reactive ketones (excluding diaryl/α,β-unsaturated/α-hetero) is 1. The summed E-state index contributed by atoms with van der Waals surface area (Å²) in [4.78, 5) is 12.6. The first-order chi connectivity index (χ1) is 12.8. The van der Waals surface area contributed by atoms with Gasteiger partial charge in [0.2, 0.25) is 12.3 Å². The number of nitrogens with zero attached hydrogens (tertiary/aromatic N) is 1. The Bertz CT molecular complexity index is 895. The van der Waals surface area contributed by atoms with Crippen molar-refractivity contribution in [3.63, 3.8) is 0 Å². The van der Waals surface area contributed by atoms with Gasteiger partial charge < -0.3 is 4.74 Å². The number of benzene rings is 2. The van der Waals surface area contributed by atoms with Crippen LogP contribution in [-0.2, 0) is 6.54 Å². The van der Waals surface area contributed by atoms with Crippen molar-refractivity contribution in [1.82, 2.24) is 0 Å². The van der Waals surface area contributed by atoms with Crippen LogP contribution in [0.5, 0.6) is 5.75 Å².